The maximum absolute atomic E-state index is 5.05. The van der Waals surface area contributed by atoms with Gasteiger partial charge in [-0.25, -0.2) is 0 Å². The van der Waals surface area contributed by atoms with Crippen molar-refractivity contribution >= 4 is 12.6 Å². The van der Waals surface area contributed by atoms with Gasteiger partial charge in [0.15, 0.2) is 0 Å². The quantitative estimate of drug-likeness (QED) is 0.388. The molecule has 40 valence electrons. The Hall–Kier alpha value is -0.0900. The van der Waals surface area contributed by atoms with Crippen molar-refractivity contribution in [2.75, 3.05) is 0 Å². The largest absolute Gasteiger partial charge is 0.162 e. The summed E-state index contributed by atoms with van der Waals surface area (Å²) in [6, 6.07) is 0. The molecule has 0 saturated carbocycles. The molecule has 0 saturated heterocycles. The summed E-state index contributed by atoms with van der Waals surface area (Å²) >= 11 is 4.09. The smallest absolute Gasteiger partial charge is 0.0647 e. The van der Waals surface area contributed by atoms with Crippen LogP contribution >= 0.6 is 12.6 Å². The first-order valence-corrected chi connectivity index (χ1v) is 2.84. The van der Waals surface area contributed by atoms with E-state index in [-0.39, 0.29) is 5.25 Å². The van der Waals surface area contributed by atoms with Crippen molar-refractivity contribution in [2.24, 2.45) is 5.92 Å². The lowest BCUT2D eigenvalue weighted by atomic mass is 10.1. The Morgan fingerprint density at radius 1 is 1.57 bits per heavy atom. The van der Waals surface area contributed by atoms with Crippen LogP contribution in [-0.4, -0.2) is 5.25 Å². The molecular formula is C6H10S. The highest BCUT2D eigenvalue weighted by Crippen LogP contribution is 2.05. The summed E-state index contributed by atoms with van der Waals surface area (Å²) < 4.78 is 0. The van der Waals surface area contributed by atoms with Crippen molar-refractivity contribution in [3.8, 4) is 12.3 Å². The van der Waals surface area contributed by atoms with Gasteiger partial charge >= 0.3 is 0 Å². The molecule has 0 radical (unpaired) electrons. The average Bonchev–Trinajstić information content (AvgIpc) is 1.65. The Morgan fingerprint density at radius 3 is 2.00 bits per heavy atom. The van der Waals surface area contributed by atoms with Crippen LogP contribution in [0.15, 0.2) is 0 Å². The molecule has 0 fully saturated rings. The van der Waals surface area contributed by atoms with Crippen LogP contribution in [0.4, 0.5) is 0 Å². The zero-order valence-electron chi connectivity index (χ0n) is 4.68. The minimum absolute atomic E-state index is 0.125. The number of hydrogen-bond acceptors (Lipinski definition) is 1. The second-order valence-electron chi connectivity index (χ2n) is 1.86. The van der Waals surface area contributed by atoms with Crippen LogP contribution in [0.2, 0.25) is 0 Å². The van der Waals surface area contributed by atoms with E-state index in [9.17, 15) is 0 Å². The van der Waals surface area contributed by atoms with Gasteiger partial charge in [-0.3, -0.25) is 0 Å². The second-order valence-corrected chi connectivity index (χ2v) is 2.41. The van der Waals surface area contributed by atoms with Crippen molar-refractivity contribution in [3.05, 3.63) is 0 Å². The van der Waals surface area contributed by atoms with Crippen LogP contribution < -0.4 is 0 Å². The van der Waals surface area contributed by atoms with Crippen LogP contribution in [0, 0.1) is 18.3 Å². The molecule has 1 unspecified atom stereocenters. The topological polar surface area (TPSA) is 0 Å². The predicted octanol–water partition coefficient (Wildman–Crippen LogP) is 1.57. The van der Waals surface area contributed by atoms with Gasteiger partial charge in [0, 0.05) is 0 Å². The number of terminal acetylenes is 1. The monoisotopic (exact) mass is 114 g/mol. The Kier molecular flexibility index (Phi) is 2.95. The minimum Gasteiger partial charge on any atom is -0.162 e. The molecule has 0 amide bonds. The lowest BCUT2D eigenvalue weighted by Crippen LogP contribution is -2.02. The molecule has 0 N–H and O–H groups in total. The number of thiol groups is 1. The molecule has 0 rings (SSSR count). The lowest BCUT2D eigenvalue weighted by Gasteiger charge is -2.03. The highest BCUT2D eigenvalue weighted by atomic mass is 32.1. The zero-order chi connectivity index (χ0) is 5.86. The van der Waals surface area contributed by atoms with E-state index in [0.717, 1.165) is 0 Å². The summed E-state index contributed by atoms with van der Waals surface area (Å²) in [6.45, 7) is 4.11. The molecule has 0 aromatic rings. The van der Waals surface area contributed by atoms with Crippen molar-refractivity contribution in [3.63, 3.8) is 0 Å². The van der Waals surface area contributed by atoms with Crippen molar-refractivity contribution in [2.45, 2.75) is 19.1 Å². The SMILES string of the molecule is C#CC(S)C(C)C. The first kappa shape index (κ1) is 6.91. The minimum atomic E-state index is 0.125. The van der Waals surface area contributed by atoms with Gasteiger partial charge in [0.05, 0.1) is 5.25 Å². The highest BCUT2D eigenvalue weighted by Gasteiger charge is 2.00. The number of rotatable bonds is 1. The first-order chi connectivity index (χ1) is 3.18. The summed E-state index contributed by atoms with van der Waals surface area (Å²) in [5.41, 5.74) is 0. The standard InChI is InChI=1S/C6H10S/c1-4-6(7)5(2)3/h1,5-7H,2-3H3. The summed E-state index contributed by atoms with van der Waals surface area (Å²) in [7, 11) is 0. The molecule has 0 aromatic carbocycles. The predicted molar refractivity (Wildman–Crippen MR) is 36.4 cm³/mol. The molecule has 7 heavy (non-hydrogen) atoms. The van der Waals surface area contributed by atoms with Crippen molar-refractivity contribution in [1.82, 2.24) is 0 Å². The van der Waals surface area contributed by atoms with Gasteiger partial charge in [0.1, 0.15) is 0 Å². The molecule has 0 heterocycles. The van der Waals surface area contributed by atoms with Crippen LogP contribution in [-0.2, 0) is 0 Å². The zero-order valence-corrected chi connectivity index (χ0v) is 5.57. The van der Waals surface area contributed by atoms with E-state index < -0.39 is 0 Å². The summed E-state index contributed by atoms with van der Waals surface area (Å²) in [5, 5.41) is 0.125. The maximum atomic E-state index is 5.05. The fourth-order valence-corrected chi connectivity index (χ4v) is 0.192. The molecule has 0 aromatic heterocycles. The van der Waals surface area contributed by atoms with Crippen LogP contribution in [0.5, 0.6) is 0 Å². The van der Waals surface area contributed by atoms with E-state index in [0.29, 0.717) is 5.92 Å². The molecule has 0 spiro atoms. The molecule has 0 aliphatic heterocycles. The Morgan fingerprint density at radius 2 is 2.00 bits per heavy atom. The molecule has 1 atom stereocenters. The third-order valence-corrected chi connectivity index (χ3v) is 1.55. The van der Waals surface area contributed by atoms with Gasteiger partial charge in [0.2, 0.25) is 0 Å². The fourth-order valence-electron chi connectivity index (χ4n) is 0.192. The van der Waals surface area contributed by atoms with Crippen LogP contribution in [0.3, 0.4) is 0 Å². The van der Waals surface area contributed by atoms with E-state index in [1.807, 2.05) is 0 Å². The van der Waals surface area contributed by atoms with Gasteiger partial charge in [0.25, 0.3) is 0 Å². The van der Waals surface area contributed by atoms with Gasteiger partial charge in [-0.2, -0.15) is 12.6 Å². The van der Waals surface area contributed by atoms with Crippen LogP contribution in [0.1, 0.15) is 13.8 Å². The van der Waals surface area contributed by atoms with E-state index >= 15 is 0 Å². The average molecular weight is 114 g/mol. The van der Waals surface area contributed by atoms with E-state index in [1.165, 1.54) is 0 Å². The van der Waals surface area contributed by atoms with Gasteiger partial charge in [-0.15, -0.1) is 6.42 Å². The fraction of sp³-hybridized carbons (Fsp3) is 0.667. The molecule has 0 bridgehead atoms. The maximum Gasteiger partial charge on any atom is 0.0647 e. The molecule has 0 nitrogen and oxygen atoms in total. The van der Waals surface area contributed by atoms with Gasteiger partial charge < -0.3 is 0 Å². The van der Waals surface area contributed by atoms with Crippen LogP contribution in [0.25, 0.3) is 0 Å². The molecular weight excluding hydrogens is 104 g/mol. The number of hydrogen-bond donors (Lipinski definition) is 1. The third-order valence-electron chi connectivity index (χ3n) is 0.802. The second kappa shape index (κ2) is 2.98. The van der Waals surface area contributed by atoms with E-state index in [2.05, 4.69) is 32.4 Å². The first-order valence-electron chi connectivity index (χ1n) is 2.32. The van der Waals surface area contributed by atoms with Gasteiger partial charge in [-0.1, -0.05) is 19.8 Å². The lowest BCUT2D eigenvalue weighted by molar-refractivity contribution is 0.693. The van der Waals surface area contributed by atoms with Gasteiger partial charge in [-0.05, 0) is 5.92 Å². The Bertz CT molecular complexity index is 78.7. The van der Waals surface area contributed by atoms with E-state index in [4.69, 9.17) is 6.42 Å². The summed E-state index contributed by atoms with van der Waals surface area (Å²) in [4.78, 5) is 0. The third kappa shape index (κ3) is 2.59. The summed E-state index contributed by atoms with van der Waals surface area (Å²) in [5.74, 6) is 3.02. The molecule has 1 heteroatoms. The Balaban J connectivity index is 3.40. The van der Waals surface area contributed by atoms with E-state index in [1.54, 1.807) is 0 Å². The van der Waals surface area contributed by atoms with Crippen molar-refractivity contribution < 1.29 is 0 Å². The Labute approximate surface area is 50.7 Å². The normalized spacial score (nSPS) is 13.6. The molecule has 0 aliphatic carbocycles. The molecule has 0 aliphatic rings. The highest BCUT2D eigenvalue weighted by molar-refractivity contribution is 7.81. The summed E-state index contributed by atoms with van der Waals surface area (Å²) in [6.07, 6.45) is 5.05. The van der Waals surface area contributed by atoms with Crippen molar-refractivity contribution in [1.29, 1.82) is 0 Å².